The number of aromatic nitrogens is 2. The van der Waals surface area contributed by atoms with Crippen LogP contribution in [0.15, 0.2) is 29.3 Å². The first-order valence-corrected chi connectivity index (χ1v) is 10.4. The molecule has 2 amide bonds. The second-order valence-corrected chi connectivity index (χ2v) is 8.46. The molecule has 2 heterocycles. The predicted octanol–water partition coefficient (Wildman–Crippen LogP) is 1.40. The van der Waals surface area contributed by atoms with Gasteiger partial charge in [0.15, 0.2) is 0 Å². The maximum Gasteiger partial charge on any atom is 0.409 e. The van der Waals surface area contributed by atoms with Gasteiger partial charge < -0.3 is 15.2 Å². The van der Waals surface area contributed by atoms with Gasteiger partial charge in [-0.1, -0.05) is 0 Å². The Morgan fingerprint density at radius 3 is 2.81 bits per heavy atom. The van der Waals surface area contributed by atoms with Gasteiger partial charge in [0.1, 0.15) is 16.7 Å². The van der Waals surface area contributed by atoms with Gasteiger partial charge in [0.25, 0.3) is 10.0 Å². The van der Waals surface area contributed by atoms with E-state index in [0.717, 1.165) is 10.5 Å². The smallest absolute Gasteiger partial charge is 0.409 e. The summed E-state index contributed by atoms with van der Waals surface area (Å²) in [6.07, 6.45) is -4.85. The predicted molar refractivity (Wildman–Crippen MR) is 104 cm³/mol. The van der Waals surface area contributed by atoms with Crippen LogP contribution in [0.3, 0.4) is 0 Å². The number of H-pyrrole nitrogens is 1. The number of carbonyl (C=O) groups excluding carboxylic acids is 1. The first kappa shape index (κ1) is 22.3. The van der Waals surface area contributed by atoms with Gasteiger partial charge in [0, 0.05) is 12.6 Å². The van der Waals surface area contributed by atoms with Crippen LogP contribution in [-0.2, 0) is 21.2 Å². The molecule has 0 saturated heterocycles. The maximum atomic E-state index is 13.4. The molecule has 31 heavy (non-hydrogen) atoms. The molecule has 168 valence electrons. The molecule has 0 spiro atoms. The van der Waals surface area contributed by atoms with Crippen LogP contribution in [0.1, 0.15) is 12.6 Å². The zero-order valence-electron chi connectivity index (χ0n) is 16.1. The number of alkyl halides is 2. The lowest BCUT2D eigenvalue weighted by Crippen LogP contribution is -2.48. The summed E-state index contributed by atoms with van der Waals surface area (Å²) in [7, 11) is -4.39. The van der Waals surface area contributed by atoms with E-state index in [1.54, 1.807) is 0 Å². The number of fused-ring (bicyclic) bond motifs is 1. The number of halogens is 2. The van der Waals surface area contributed by atoms with Crippen LogP contribution in [0.25, 0.3) is 0 Å². The normalized spacial score (nSPS) is 15.9. The van der Waals surface area contributed by atoms with Gasteiger partial charge in [0.2, 0.25) is 12.3 Å². The molecule has 1 aliphatic heterocycles. The summed E-state index contributed by atoms with van der Waals surface area (Å²) < 4.78 is 59.2. The first-order chi connectivity index (χ1) is 14.6. The number of aromatic amines is 1. The molecule has 11 nitrogen and oxygen atoms in total. The van der Waals surface area contributed by atoms with E-state index < -0.39 is 40.0 Å². The van der Waals surface area contributed by atoms with Gasteiger partial charge in [-0.25, -0.2) is 22.0 Å². The minimum absolute atomic E-state index is 0.00873. The summed E-state index contributed by atoms with van der Waals surface area (Å²) in [5.74, 6) is -0.237. The quantitative estimate of drug-likeness (QED) is 0.488. The highest BCUT2D eigenvalue weighted by Gasteiger charge is 2.37. The van der Waals surface area contributed by atoms with E-state index in [1.807, 2.05) is 0 Å². The van der Waals surface area contributed by atoms with Crippen LogP contribution in [0.4, 0.5) is 25.0 Å². The Morgan fingerprint density at radius 1 is 1.42 bits per heavy atom. The SMILES string of the molecule is CC(=O)NCC1CN(S(=O)(=O)c2cn[nH]c2CC(F)F)c2cc(NC(=O)O)ccc2O1. The van der Waals surface area contributed by atoms with Gasteiger partial charge in [-0.2, -0.15) is 5.10 Å². The van der Waals surface area contributed by atoms with E-state index in [0.29, 0.717) is 0 Å². The van der Waals surface area contributed by atoms with E-state index in [9.17, 15) is 26.8 Å². The average Bonchev–Trinajstić information content (AvgIpc) is 3.13. The molecule has 2 aromatic rings. The standard InChI is InChI=1S/C17H19F2N5O6S/c1-9(25)20-6-11-8-24(13-4-10(22-17(26)27)2-3-14(13)30-11)31(28,29)15-7-21-23-12(15)5-16(18)19/h2-4,7,11,16,22H,5-6,8H2,1H3,(H,20,25)(H,21,23)(H,26,27). The lowest BCUT2D eigenvalue weighted by Gasteiger charge is -2.35. The molecule has 14 heteroatoms. The molecule has 0 saturated carbocycles. The molecule has 0 fully saturated rings. The molecule has 1 aromatic heterocycles. The molecule has 3 rings (SSSR count). The third-order valence-electron chi connectivity index (χ3n) is 4.33. The number of sulfonamides is 1. The molecule has 4 N–H and O–H groups in total. The number of nitrogens with one attached hydrogen (secondary N) is 3. The number of hydrogen-bond donors (Lipinski definition) is 4. The molecule has 1 aliphatic rings. The van der Waals surface area contributed by atoms with Crippen LogP contribution < -0.4 is 19.7 Å². The van der Waals surface area contributed by atoms with E-state index in [-0.39, 0.29) is 41.8 Å². The number of nitrogens with zero attached hydrogens (tertiary/aromatic N) is 2. The van der Waals surface area contributed by atoms with Crippen LogP contribution in [-0.4, -0.2) is 61.3 Å². The number of ether oxygens (including phenoxy) is 1. The molecule has 1 unspecified atom stereocenters. The van der Waals surface area contributed by atoms with Crippen LogP contribution in [0.2, 0.25) is 0 Å². The summed E-state index contributed by atoms with van der Waals surface area (Å²) in [6.45, 7) is 1.02. The zero-order chi connectivity index (χ0) is 22.8. The second kappa shape index (κ2) is 8.75. The monoisotopic (exact) mass is 459 g/mol. The number of anilines is 2. The summed E-state index contributed by atoms with van der Waals surface area (Å²) in [5.41, 5.74) is -0.175. The van der Waals surface area contributed by atoms with Gasteiger partial charge in [-0.3, -0.25) is 19.5 Å². The topological polar surface area (TPSA) is 154 Å². The highest BCUT2D eigenvalue weighted by molar-refractivity contribution is 7.92. The fourth-order valence-corrected chi connectivity index (χ4v) is 4.68. The lowest BCUT2D eigenvalue weighted by molar-refractivity contribution is -0.119. The Morgan fingerprint density at radius 2 is 2.16 bits per heavy atom. The Labute approximate surface area is 175 Å². The fourth-order valence-electron chi connectivity index (χ4n) is 3.05. The van der Waals surface area contributed by atoms with E-state index in [2.05, 4.69) is 20.8 Å². The van der Waals surface area contributed by atoms with Crippen molar-refractivity contribution in [3.63, 3.8) is 0 Å². The van der Waals surface area contributed by atoms with Crippen molar-refractivity contribution < 1.29 is 36.6 Å². The van der Waals surface area contributed by atoms with Crippen molar-refractivity contribution in [3.8, 4) is 5.75 Å². The van der Waals surface area contributed by atoms with Crippen molar-refractivity contribution in [2.24, 2.45) is 0 Å². The summed E-state index contributed by atoms with van der Waals surface area (Å²) >= 11 is 0. The van der Waals surface area contributed by atoms with Crippen molar-refractivity contribution in [2.75, 3.05) is 22.7 Å². The average molecular weight is 459 g/mol. The van der Waals surface area contributed by atoms with Crippen LogP contribution in [0.5, 0.6) is 5.75 Å². The Balaban J connectivity index is 2.04. The van der Waals surface area contributed by atoms with Crippen LogP contribution >= 0.6 is 0 Å². The molecule has 0 radical (unpaired) electrons. The number of carboxylic acid groups (broad SMARTS) is 1. The molecule has 0 bridgehead atoms. The van der Waals surface area contributed by atoms with E-state index >= 15 is 0 Å². The summed E-state index contributed by atoms with van der Waals surface area (Å²) in [6, 6.07) is 4.00. The molecule has 1 atom stereocenters. The lowest BCUT2D eigenvalue weighted by atomic mass is 10.2. The van der Waals surface area contributed by atoms with Crippen LogP contribution in [0, 0.1) is 0 Å². The highest BCUT2D eigenvalue weighted by atomic mass is 32.2. The Kier molecular flexibility index (Phi) is 6.29. The molecular weight excluding hydrogens is 440 g/mol. The summed E-state index contributed by atoms with van der Waals surface area (Å²) in [5, 5.41) is 19.4. The van der Waals surface area contributed by atoms with Gasteiger partial charge in [-0.15, -0.1) is 0 Å². The first-order valence-electron chi connectivity index (χ1n) is 8.96. The minimum Gasteiger partial charge on any atom is -0.484 e. The third kappa shape index (κ3) is 5.02. The number of carbonyl (C=O) groups is 2. The van der Waals surface area contributed by atoms with Crippen molar-refractivity contribution in [1.82, 2.24) is 15.5 Å². The number of hydrogen-bond acceptors (Lipinski definition) is 6. The van der Waals surface area contributed by atoms with Crippen molar-refractivity contribution in [3.05, 3.63) is 30.1 Å². The molecular formula is C17H19F2N5O6S. The Hall–Kier alpha value is -3.42. The minimum atomic E-state index is -4.39. The summed E-state index contributed by atoms with van der Waals surface area (Å²) in [4.78, 5) is 21.8. The highest BCUT2D eigenvalue weighted by Crippen LogP contribution is 2.39. The number of amides is 2. The molecule has 1 aromatic carbocycles. The molecule has 0 aliphatic carbocycles. The third-order valence-corrected chi connectivity index (χ3v) is 6.16. The number of rotatable bonds is 7. The number of benzene rings is 1. The van der Waals surface area contributed by atoms with Crippen molar-refractivity contribution >= 4 is 33.4 Å². The van der Waals surface area contributed by atoms with Gasteiger partial charge in [-0.05, 0) is 18.2 Å². The van der Waals surface area contributed by atoms with E-state index in [4.69, 9.17) is 9.84 Å². The Bertz CT molecular complexity index is 1090. The fraction of sp³-hybridized carbons (Fsp3) is 0.353. The van der Waals surface area contributed by atoms with E-state index in [1.165, 1.54) is 25.1 Å². The largest absolute Gasteiger partial charge is 0.484 e. The van der Waals surface area contributed by atoms with Gasteiger partial charge in [0.05, 0.1) is 37.1 Å². The second-order valence-electron chi connectivity index (χ2n) is 6.63. The van der Waals surface area contributed by atoms with Gasteiger partial charge >= 0.3 is 6.09 Å². The van der Waals surface area contributed by atoms with Crippen molar-refractivity contribution in [2.45, 2.75) is 30.8 Å². The maximum absolute atomic E-state index is 13.4. The van der Waals surface area contributed by atoms with Crippen molar-refractivity contribution in [1.29, 1.82) is 0 Å². The zero-order valence-corrected chi connectivity index (χ0v) is 16.9.